The van der Waals surface area contributed by atoms with Gasteiger partial charge in [0.05, 0.1) is 0 Å². The highest BCUT2D eigenvalue weighted by Crippen LogP contribution is 2.26. The summed E-state index contributed by atoms with van der Waals surface area (Å²) in [6.07, 6.45) is 3.08. The van der Waals surface area contributed by atoms with Gasteiger partial charge in [-0.3, -0.25) is 4.79 Å². The first-order valence-corrected chi connectivity index (χ1v) is 5.95. The first-order valence-electron chi connectivity index (χ1n) is 5.95. The van der Waals surface area contributed by atoms with E-state index in [0.29, 0.717) is 5.78 Å². The molecule has 0 aromatic heterocycles. The van der Waals surface area contributed by atoms with Crippen LogP contribution in [0.1, 0.15) is 51.0 Å². The quantitative estimate of drug-likeness (QED) is 0.677. The summed E-state index contributed by atoms with van der Waals surface area (Å²) < 4.78 is 0. The van der Waals surface area contributed by atoms with Crippen LogP contribution in [-0.4, -0.2) is 5.78 Å². The summed E-state index contributed by atoms with van der Waals surface area (Å²) >= 11 is 0. The van der Waals surface area contributed by atoms with Crippen molar-refractivity contribution in [2.75, 3.05) is 0 Å². The predicted octanol–water partition coefficient (Wildman–Crippen LogP) is 4.11. The minimum atomic E-state index is 0. The van der Waals surface area contributed by atoms with Crippen molar-refractivity contribution in [3.63, 3.8) is 0 Å². The lowest BCUT2D eigenvalue weighted by Crippen LogP contribution is -2.21. The molecule has 15 heavy (non-hydrogen) atoms. The van der Waals surface area contributed by atoms with Crippen LogP contribution in [0.2, 0.25) is 0 Å². The third-order valence-electron chi connectivity index (χ3n) is 2.91. The number of hydrogen-bond acceptors (Lipinski definition) is 1. The van der Waals surface area contributed by atoms with E-state index in [1.165, 1.54) is 5.56 Å². The summed E-state index contributed by atoms with van der Waals surface area (Å²) in [5.74, 6) is 0.624. The van der Waals surface area contributed by atoms with Gasteiger partial charge < -0.3 is 0 Å². The number of fused-ring (bicyclic) bond motifs is 1. The van der Waals surface area contributed by atoms with Crippen LogP contribution < -0.4 is 0 Å². The minimum absolute atomic E-state index is 0. The molecule has 1 aromatic rings. The molecule has 0 saturated carbocycles. The fraction of sp³-hybridized carbons (Fsp3) is 0.500. The molecule has 0 bridgehead atoms. The Hall–Kier alpha value is -1.11. The van der Waals surface area contributed by atoms with E-state index in [1.807, 2.05) is 32.0 Å². The molecule has 1 unspecified atom stereocenters. The number of hydrogen-bond donors (Lipinski definition) is 0. The first kappa shape index (κ1) is 12.0. The van der Waals surface area contributed by atoms with Gasteiger partial charge in [-0.25, -0.2) is 0 Å². The van der Waals surface area contributed by atoms with E-state index in [9.17, 15) is 4.79 Å². The van der Waals surface area contributed by atoms with E-state index in [4.69, 9.17) is 0 Å². The highest BCUT2D eigenvalue weighted by Gasteiger charge is 2.24. The third-order valence-corrected chi connectivity index (χ3v) is 2.91. The third kappa shape index (κ3) is 2.47. The SMILES string of the molecule is CC.CCC1CCc2ccccc2C1=O.[2HH]. The zero-order chi connectivity index (χ0) is 11.3. The summed E-state index contributed by atoms with van der Waals surface area (Å²) in [5, 5.41) is 0. The Morgan fingerprint density at radius 1 is 1.33 bits per heavy atom. The molecule has 1 heteroatoms. The van der Waals surface area contributed by atoms with Gasteiger partial charge in [-0.05, 0) is 24.8 Å². The molecule has 84 valence electrons. The lowest BCUT2D eigenvalue weighted by molar-refractivity contribution is 0.0898. The summed E-state index contributed by atoms with van der Waals surface area (Å²) in [6, 6.07) is 7.99. The second kappa shape index (κ2) is 5.69. The standard InChI is InChI=1S/C12H14O.C2H6.H2/c1-2-9-7-8-10-5-3-4-6-11(10)12(9)13;1-2;/h3-6,9H,2,7-8H2,1H3;1-2H3;1H/i;;1+1. The predicted molar refractivity (Wildman–Crippen MR) is 66.3 cm³/mol. The summed E-state index contributed by atoms with van der Waals surface area (Å²) in [5.41, 5.74) is 2.19. The number of benzene rings is 1. The van der Waals surface area contributed by atoms with Crippen LogP contribution in [0.4, 0.5) is 0 Å². The number of Topliss-reactive ketones (excluding diaryl/α,β-unsaturated/α-hetero) is 1. The van der Waals surface area contributed by atoms with E-state index in [1.54, 1.807) is 0 Å². The zero-order valence-corrected chi connectivity index (χ0v) is 9.92. The van der Waals surface area contributed by atoms with E-state index < -0.39 is 0 Å². The topological polar surface area (TPSA) is 17.1 Å². The van der Waals surface area contributed by atoms with Gasteiger partial charge in [0.25, 0.3) is 0 Å². The summed E-state index contributed by atoms with van der Waals surface area (Å²) in [4.78, 5) is 11.8. The fourth-order valence-electron chi connectivity index (χ4n) is 2.05. The van der Waals surface area contributed by atoms with Gasteiger partial charge in [0.2, 0.25) is 0 Å². The molecule has 0 radical (unpaired) electrons. The maximum absolute atomic E-state index is 11.8. The van der Waals surface area contributed by atoms with Crippen LogP contribution in [0.3, 0.4) is 0 Å². The van der Waals surface area contributed by atoms with Crippen LogP contribution in [0.25, 0.3) is 0 Å². The average molecular weight is 207 g/mol. The van der Waals surface area contributed by atoms with Crippen molar-refractivity contribution in [2.45, 2.75) is 40.0 Å². The molecule has 1 atom stereocenters. The maximum atomic E-state index is 11.8. The molecule has 1 nitrogen and oxygen atoms in total. The lowest BCUT2D eigenvalue weighted by Gasteiger charge is -2.21. The Morgan fingerprint density at radius 3 is 2.67 bits per heavy atom. The largest absolute Gasteiger partial charge is 0.294 e. The molecule has 0 heterocycles. The van der Waals surface area contributed by atoms with Crippen molar-refractivity contribution < 1.29 is 6.22 Å². The minimum Gasteiger partial charge on any atom is -0.294 e. The molecule has 0 amide bonds. The molecule has 1 aliphatic carbocycles. The van der Waals surface area contributed by atoms with Crippen molar-refractivity contribution >= 4 is 5.78 Å². The Kier molecular flexibility index (Phi) is 4.54. The van der Waals surface area contributed by atoms with Crippen LogP contribution in [-0.2, 0) is 6.42 Å². The average Bonchev–Trinajstić information content (AvgIpc) is 2.33. The van der Waals surface area contributed by atoms with E-state index in [-0.39, 0.29) is 7.34 Å². The molecule has 0 fully saturated rings. The van der Waals surface area contributed by atoms with Gasteiger partial charge in [-0.15, -0.1) is 0 Å². The monoisotopic (exact) mass is 207 g/mol. The summed E-state index contributed by atoms with van der Waals surface area (Å²) in [7, 11) is 0. The van der Waals surface area contributed by atoms with E-state index in [0.717, 1.165) is 24.8 Å². The number of carbonyl (C=O) groups is 1. The van der Waals surface area contributed by atoms with Crippen molar-refractivity contribution in [2.24, 2.45) is 5.92 Å². The molecule has 0 saturated heterocycles. The highest BCUT2D eigenvalue weighted by molar-refractivity contribution is 6.00. The highest BCUT2D eigenvalue weighted by atomic mass is 16.1. The molecule has 1 aliphatic rings. The molecular formula is C14H22O. The van der Waals surface area contributed by atoms with Crippen molar-refractivity contribution in [3.8, 4) is 0 Å². The Labute approximate surface area is 94.0 Å². The van der Waals surface area contributed by atoms with Crippen molar-refractivity contribution in [3.05, 3.63) is 35.4 Å². The Bertz CT molecular complexity index is 333. The number of carbonyl (C=O) groups excluding carboxylic acids is 1. The smallest absolute Gasteiger partial charge is 0.166 e. The van der Waals surface area contributed by atoms with Crippen LogP contribution in [0, 0.1) is 5.92 Å². The number of rotatable bonds is 1. The van der Waals surface area contributed by atoms with E-state index in [2.05, 4.69) is 13.0 Å². The number of ketones is 1. The molecule has 0 spiro atoms. The fourth-order valence-corrected chi connectivity index (χ4v) is 2.05. The van der Waals surface area contributed by atoms with Crippen LogP contribution in [0.15, 0.2) is 24.3 Å². The second-order valence-electron chi connectivity index (χ2n) is 3.67. The van der Waals surface area contributed by atoms with Gasteiger partial charge in [0.1, 0.15) is 0 Å². The number of aryl methyl sites for hydroxylation is 1. The van der Waals surface area contributed by atoms with E-state index >= 15 is 0 Å². The van der Waals surface area contributed by atoms with Crippen molar-refractivity contribution in [1.82, 2.24) is 0 Å². The normalized spacial score (nSPS) is 18.9. The molecule has 2 rings (SSSR count). The van der Waals surface area contributed by atoms with Gasteiger partial charge in [0, 0.05) is 12.9 Å². The molecule has 0 N–H and O–H groups in total. The molecule has 0 aliphatic heterocycles. The lowest BCUT2D eigenvalue weighted by atomic mass is 9.81. The zero-order valence-electron chi connectivity index (χ0n) is 9.92. The molecular weight excluding hydrogens is 184 g/mol. The van der Waals surface area contributed by atoms with Gasteiger partial charge in [-0.2, -0.15) is 0 Å². The molecule has 1 aromatic carbocycles. The van der Waals surface area contributed by atoms with Crippen molar-refractivity contribution in [1.29, 1.82) is 0 Å². The first-order chi connectivity index (χ1) is 7.33. The second-order valence-corrected chi connectivity index (χ2v) is 3.67. The maximum Gasteiger partial charge on any atom is 0.166 e. The van der Waals surface area contributed by atoms with Gasteiger partial charge in [0.15, 0.2) is 5.78 Å². The Balaban J connectivity index is 0.000000711. The van der Waals surface area contributed by atoms with Gasteiger partial charge >= 0.3 is 0 Å². The summed E-state index contributed by atoms with van der Waals surface area (Å²) in [6.45, 7) is 6.09. The Morgan fingerprint density at radius 2 is 2.00 bits per heavy atom. The van der Waals surface area contributed by atoms with Crippen LogP contribution >= 0.6 is 0 Å². The van der Waals surface area contributed by atoms with Crippen LogP contribution in [0.5, 0.6) is 0 Å². The van der Waals surface area contributed by atoms with Gasteiger partial charge in [-0.1, -0.05) is 45.0 Å².